The normalized spacial score (nSPS) is 28.7. The summed E-state index contributed by atoms with van der Waals surface area (Å²) >= 11 is 1.38. The number of thioether (sulfide) groups is 1. The topological polar surface area (TPSA) is 113 Å². The lowest BCUT2D eigenvalue weighted by Crippen LogP contribution is -2.71. The number of benzene rings is 1. The van der Waals surface area contributed by atoms with Crippen molar-refractivity contribution in [3.63, 3.8) is 0 Å². The number of nitrogens with zero attached hydrogens (tertiary/aromatic N) is 1. The van der Waals surface area contributed by atoms with Crippen LogP contribution in [0.25, 0.3) is 0 Å². The third kappa shape index (κ3) is 2.55. The minimum atomic E-state index is -1.03. The van der Waals surface area contributed by atoms with Crippen molar-refractivity contribution in [2.75, 3.05) is 0 Å². The Morgan fingerprint density at radius 1 is 1.33 bits per heavy atom. The number of β-lactam (4-membered cyclic amide) rings is 1. The van der Waals surface area contributed by atoms with E-state index in [1.807, 2.05) is 6.07 Å². The van der Waals surface area contributed by atoms with Crippen LogP contribution in [-0.2, 0) is 14.4 Å². The van der Waals surface area contributed by atoms with Crippen LogP contribution in [0.15, 0.2) is 30.3 Å². The molecule has 0 radical (unpaired) electrons. The number of carbonyl (C=O) groups is 3. The van der Waals surface area contributed by atoms with Gasteiger partial charge in [0.2, 0.25) is 11.8 Å². The summed E-state index contributed by atoms with van der Waals surface area (Å²) in [6.45, 7) is 3.58. The number of hydrogen-bond donors (Lipinski definition) is 3. The van der Waals surface area contributed by atoms with Crippen LogP contribution in [0.1, 0.15) is 25.5 Å². The zero-order valence-corrected chi connectivity index (χ0v) is 14.1. The molecule has 4 atom stereocenters. The number of carbonyl (C=O) groups excluding carboxylic acids is 2. The predicted molar refractivity (Wildman–Crippen MR) is 89.0 cm³/mol. The van der Waals surface area contributed by atoms with Gasteiger partial charge in [0.1, 0.15) is 23.5 Å². The molecule has 0 saturated carbocycles. The fourth-order valence-corrected chi connectivity index (χ4v) is 4.83. The molecule has 2 saturated heterocycles. The second-order valence-electron chi connectivity index (χ2n) is 6.47. The van der Waals surface area contributed by atoms with E-state index < -0.39 is 34.7 Å². The number of aliphatic carboxylic acids is 1. The maximum atomic E-state index is 12.3. The summed E-state index contributed by atoms with van der Waals surface area (Å²) < 4.78 is -0.618. The molecule has 1 aromatic carbocycles. The Labute approximate surface area is 143 Å². The molecule has 0 unspecified atom stereocenters. The molecule has 2 aliphatic rings. The summed E-state index contributed by atoms with van der Waals surface area (Å²) in [5.41, 5.74) is 6.59. The highest BCUT2D eigenvalue weighted by Gasteiger charge is 2.64. The summed E-state index contributed by atoms with van der Waals surface area (Å²) in [6, 6.07) is 6.38. The van der Waals surface area contributed by atoms with Gasteiger partial charge in [-0.15, -0.1) is 11.8 Å². The first-order valence-electron chi connectivity index (χ1n) is 7.58. The van der Waals surface area contributed by atoms with E-state index in [9.17, 15) is 19.5 Å². The third-order valence-corrected chi connectivity index (χ3v) is 5.99. The van der Waals surface area contributed by atoms with Crippen LogP contribution in [0.5, 0.6) is 0 Å². The Balaban J connectivity index is 1.71. The van der Waals surface area contributed by atoms with Gasteiger partial charge in [0.25, 0.3) is 0 Å². The molecule has 2 heterocycles. The molecular weight excluding hydrogens is 330 g/mol. The van der Waals surface area contributed by atoms with Gasteiger partial charge in [0.15, 0.2) is 0 Å². The van der Waals surface area contributed by atoms with E-state index in [1.165, 1.54) is 16.7 Å². The molecule has 0 spiro atoms. The molecule has 0 aromatic heterocycles. The largest absolute Gasteiger partial charge is 0.480 e. The molecule has 0 bridgehead atoms. The van der Waals surface area contributed by atoms with Crippen molar-refractivity contribution in [1.82, 2.24) is 10.2 Å². The molecule has 3 rings (SSSR count). The molecule has 7 nitrogen and oxygen atoms in total. The van der Waals surface area contributed by atoms with Gasteiger partial charge in [0, 0.05) is 4.75 Å². The first-order valence-corrected chi connectivity index (χ1v) is 8.45. The van der Waals surface area contributed by atoms with E-state index in [0.717, 1.165) is 0 Å². The van der Waals surface area contributed by atoms with Crippen LogP contribution in [0, 0.1) is 0 Å². The molecular formula is C16H19N3O4S. The van der Waals surface area contributed by atoms with Crippen LogP contribution >= 0.6 is 11.8 Å². The van der Waals surface area contributed by atoms with Gasteiger partial charge in [-0.1, -0.05) is 30.3 Å². The highest BCUT2D eigenvalue weighted by Crippen LogP contribution is 2.50. The van der Waals surface area contributed by atoms with Crippen molar-refractivity contribution in [1.29, 1.82) is 0 Å². The minimum absolute atomic E-state index is 0.375. The number of carboxylic acid groups (broad SMARTS) is 1. The fourth-order valence-electron chi connectivity index (χ4n) is 3.20. The second kappa shape index (κ2) is 5.78. The number of nitrogens with two attached hydrogens (primary N) is 1. The molecule has 2 aliphatic heterocycles. The Bertz CT molecular complexity index is 694. The van der Waals surface area contributed by atoms with Gasteiger partial charge in [0.05, 0.1) is 0 Å². The molecule has 4 N–H and O–H groups in total. The standard InChI is InChI=1S/C16H19N3O4S/c1-16(2)11(15(22)23)19-13(21)10(14(19)24-16)18-12(20)9(17)8-6-4-3-5-7-8/h3-7,9-11,14H,17H2,1-2H3,(H,18,20)(H,22,23)/t9-,10+,11+,14-/m1/s1. The van der Waals surface area contributed by atoms with Gasteiger partial charge < -0.3 is 21.1 Å². The van der Waals surface area contributed by atoms with E-state index in [1.54, 1.807) is 38.1 Å². The zero-order chi connectivity index (χ0) is 17.6. The number of nitrogens with one attached hydrogen (secondary N) is 1. The average Bonchev–Trinajstić information content (AvgIpc) is 2.80. The fraction of sp³-hybridized carbons (Fsp3) is 0.438. The van der Waals surface area contributed by atoms with Crippen LogP contribution in [0.4, 0.5) is 0 Å². The second-order valence-corrected chi connectivity index (χ2v) is 8.24. The molecule has 0 aliphatic carbocycles. The average molecular weight is 349 g/mol. The third-order valence-electron chi connectivity index (χ3n) is 4.41. The van der Waals surface area contributed by atoms with Gasteiger partial charge in [-0.2, -0.15) is 0 Å². The maximum absolute atomic E-state index is 12.3. The summed E-state index contributed by atoms with van der Waals surface area (Å²) in [5.74, 6) is -1.86. The number of fused-ring (bicyclic) bond motifs is 1. The molecule has 1 aromatic rings. The Kier molecular flexibility index (Phi) is 4.05. The summed E-state index contributed by atoms with van der Waals surface area (Å²) in [4.78, 5) is 37.5. The minimum Gasteiger partial charge on any atom is -0.480 e. The van der Waals surface area contributed by atoms with Crippen molar-refractivity contribution in [2.24, 2.45) is 5.73 Å². The summed E-state index contributed by atoms with van der Waals surface area (Å²) in [5, 5.41) is 11.7. The van der Waals surface area contributed by atoms with Crippen LogP contribution in [0.2, 0.25) is 0 Å². The van der Waals surface area contributed by atoms with E-state index in [0.29, 0.717) is 5.56 Å². The van der Waals surface area contributed by atoms with Crippen molar-refractivity contribution in [2.45, 2.75) is 42.1 Å². The van der Waals surface area contributed by atoms with Crippen LogP contribution in [0.3, 0.4) is 0 Å². The lowest BCUT2D eigenvalue weighted by molar-refractivity contribution is -0.161. The molecule has 2 amide bonds. The van der Waals surface area contributed by atoms with Crippen LogP contribution < -0.4 is 11.1 Å². The van der Waals surface area contributed by atoms with Crippen molar-refractivity contribution in [3.8, 4) is 0 Å². The predicted octanol–water partition coefficient (Wildman–Crippen LogP) is 0.318. The Hall–Kier alpha value is -2.06. The van der Waals surface area contributed by atoms with Gasteiger partial charge in [-0.05, 0) is 19.4 Å². The Morgan fingerprint density at radius 2 is 1.96 bits per heavy atom. The van der Waals surface area contributed by atoms with E-state index in [2.05, 4.69) is 5.32 Å². The quantitative estimate of drug-likeness (QED) is 0.675. The van der Waals surface area contributed by atoms with E-state index in [4.69, 9.17) is 5.73 Å². The molecule has 8 heteroatoms. The van der Waals surface area contributed by atoms with Crippen molar-refractivity contribution in [3.05, 3.63) is 35.9 Å². The van der Waals surface area contributed by atoms with Gasteiger partial charge in [-0.25, -0.2) is 4.79 Å². The molecule has 24 heavy (non-hydrogen) atoms. The smallest absolute Gasteiger partial charge is 0.327 e. The lowest BCUT2D eigenvalue weighted by atomic mass is 9.95. The monoisotopic (exact) mass is 349 g/mol. The van der Waals surface area contributed by atoms with Gasteiger partial charge in [-0.3, -0.25) is 9.59 Å². The first kappa shape index (κ1) is 16.8. The lowest BCUT2D eigenvalue weighted by Gasteiger charge is -2.43. The number of rotatable bonds is 4. The molecule has 2 fully saturated rings. The van der Waals surface area contributed by atoms with Crippen LogP contribution in [-0.4, -0.2) is 50.0 Å². The number of amides is 2. The highest BCUT2D eigenvalue weighted by molar-refractivity contribution is 8.01. The van der Waals surface area contributed by atoms with Crippen molar-refractivity contribution < 1.29 is 19.5 Å². The first-order chi connectivity index (χ1) is 11.2. The van der Waals surface area contributed by atoms with E-state index >= 15 is 0 Å². The Morgan fingerprint density at radius 3 is 2.54 bits per heavy atom. The maximum Gasteiger partial charge on any atom is 0.327 e. The number of carboxylic acids is 1. The van der Waals surface area contributed by atoms with E-state index in [-0.39, 0.29) is 11.3 Å². The summed E-state index contributed by atoms with van der Waals surface area (Å²) in [7, 11) is 0. The summed E-state index contributed by atoms with van der Waals surface area (Å²) in [6.07, 6.45) is 0. The number of hydrogen-bond acceptors (Lipinski definition) is 5. The van der Waals surface area contributed by atoms with Gasteiger partial charge >= 0.3 is 5.97 Å². The van der Waals surface area contributed by atoms with Crippen molar-refractivity contribution >= 4 is 29.5 Å². The molecule has 128 valence electrons. The zero-order valence-electron chi connectivity index (χ0n) is 13.3. The SMILES string of the molecule is CC1(C)S[C@@H]2[C@@H](NC(=O)[C@H](N)c3ccccc3)C(=O)N2[C@H]1C(=O)O. The highest BCUT2D eigenvalue weighted by atomic mass is 32.2.